The summed E-state index contributed by atoms with van der Waals surface area (Å²) in [4.78, 5) is 19.2. The molecule has 0 unspecified atom stereocenters. The molecule has 0 fully saturated rings. The van der Waals surface area contributed by atoms with E-state index in [9.17, 15) is 4.57 Å². The first-order valence-corrected chi connectivity index (χ1v) is 6.65. The van der Waals surface area contributed by atoms with Crippen LogP contribution in [0.25, 0.3) is 0 Å². The number of rotatable bonds is 7. The molecule has 0 saturated heterocycles. The molecule has 4 nitrogen and oxygen atoms in total. The van der Waals surface area contributed by atoms with Crippen LogP contribution in [0.15, 0.2) is 0 Å². The van der Waals surface area contributed by atoms with Crippen LogP contribution in [0.5, 0.6) is 0 Å². The maximum Gasteiger partial charge on any atom is 0.339 e. The molecule has 0 aromatic carbocycles. The molecule has 0 rings (SSSR count). The fourth-order valence-corrected chi connectivity index (χ4v) is 2.06. The Balaban J connectivity index is 3.86. The highest BCUT2D eigenvalue weighted by molar-refractivity contribution is 7.51. The molecule has 0 atom stereocenters. The van der Waals surface area contributed by atoms with Gasteiger partial charge in [0, 0.05) is 12.4 Å². The van der Waals surface area contributed by atoms with Gasteiger partial charge in [0.05, 0.1) is 0 Å². The summed E-state index contributed by atoms with van der Waals surface area (Å²) in [6.07, 6.45) is 1.77. The van der Waals surface area contributed by atoms with E-state index in [-0.39, 0.29) is 6.29 Å². The highest BCUT2D eigenvalue weighted by atomic mass is 35.5. The van der Waals surface area contributed by atoms with E-state index in [2.05, 4.69) is 0 Å². The standard InChI is InChI=1S/C7H17ClNO3P/c1-2-3-5-9(6-4-8)7-13(10,11)12/h2-7H2,1H3,(H2,10,11,12). The molecule has 0 aliphatic rings. The molecule has 6 heteroatoms. The Labute approximate surface area is 84.0 Å². The van der Waals surface area contributed by atoms with E-state index in [0.29, 0.717) is 19.0 Å². The van der Waals surface area contributed by atoms with Crippen LogP contribution in [-0.4, -0.2) is 39.9 Å². The first-order valence-electron chi connectivity index (χ1n) is 4.32. The van der Waals surface area contributed by atoms with Crippen molar-refractivity contribution in [3.8, 4) is 0 Å². The number of unbranched alkanes of at least 4 members (excludes halogenated alkanes) is 1. The van der Waals surface area contributed by atoms with Crippen LogP contribution in [0.4, 0.5) is 0 Å². The molecule has 0 aliphatic heterocycles. The summed E-state index contributed by atoms with van der Waals surface area (Å²) < 4.78 is 10.7. The Morgan fingerprint density at radius 2 is 2.00 bits per heavy atom. The second kappa shape index (κ2) is 6.80. The number of nitrogens with zero attached hydrogens (tertiary/aromatic N) is 1. The van der Waals surface area contributed by atoms with Crippen molar-refractivity contribution in [3.05, 3.63) is 0 Å². The second-order valence-electron chi connectivity index (χ2n) is 2.97. The van der Waals surface area contributed by atoms with Gasteiger partial charge >= 0.3 is 7.60 Å². The van der Waals surface area contributed by atoms with E-state index in [1.54, 1.807) is 4.90 Å². The summed E-state index contributed by atoms with van der Waals surface area (Å²) in [6.45, 7) is 3.28. The van der Waals surface area contributed by atoms with Crippen molar-refractivity contribution < 1.29 is 14.4 Å². The minimum absolute atomic E-state index is 0.181. The second-order valence-corrected chi connectivity index (χ2v) is 4.96. The molecule has 0 bridgehead atoms. The van der Waals surface area contributed by atoms with Gasteiger partial charge in [0.2, 0.25) is 0 Å². The van der Waals surface area contributed by atoms with Crippen LogP contribution in [0.3, 0.4) is 0 Å². The number of alkyl halides is 1. The van der Waals surface area contributed by atoms with Crippen LogP contribution in [0.1, 0.15) is 19.8 Å². The van der Waals surface area contributed by atoms with Crippen LogP contribution in [0, 0.1) is 0 Å². The monoisotopic (exact) mass is 229 g/mol. The van der Waals surface area contributed by atoms with Gasteiger partial charge in [-0.15, -0.1) is 11.6 Å². The molecule has 0 amide bonds. The van der Waals surface area contributed by atoms with Crippen LogP contribution in [0.2, 0.25) is 0 Å². The predicted molar refractivity (Wildman–Crippen MR) is 54.1 cm³/mol. The van der Waals surface area contributed by atoms with Crippen molar-refractivity contribution in [3.63, 3.8) is 0 Å². The summed E-state index contributed by atoms with van der Waals surface area (Å²) >= 11 is 5.51. The Morgan fingerprint density at radius 1 is 1.38 bits per heavy atom. The van der Waals surface area contributed by atoms with Crippen LogP contribution in [-0.2, 0) is 4.57 Å². The van der Waals surface area contributed by atoms with Crippen molar-refractivity contribution in [2.24, 2.45) is 0 Å². The molecule has 0 heterocycles. The van der Waals surface area contributed by atoms with Gasteiger partial charge in [-0.3, -0.25) is 9.46 Å². The summed E-state index contributed by atoms with van der Waals surface area (Å²) in [5.74, 6) is 0.406. The maximum atomic E-state index is 10.7. The number of hydrogen-bond donors (Lipinski definition) is 2. The third-order valence-corrected chi connectivity index (χ3v) is 2.55. The van der Waals surface area contributed by atoms with Gasteiger partial charge in [0.25, 0.3) is 0 Å². The highest BCUT2D eigenvalue weighted by Gasteiger charge is 2.17. The molecular formula is C7H17ClNO3P. The van der Waals surface area contributed by atoms with E-state index in [4.69, 9.17) is 21.4 Å². The summed E-state index contributed by atoms with van der Waals surface area (Å²) in [6, 6.07) is 0. The average Bonchev–Trinajstić information content (AvgIpc) is 1.98. The molecule has 80 valence electrons. The topological polar surface area (TPSA) is 60.8 Å². The van der Waals surface area contributed by atoms with Gasteiger partial charge in [-0.2, -0.15) is 0 Å². The zero-order chi connectivity index (χ0) is 10.3. The van der Waals surface area contributed by atoms with E-state index in [0.717, 1.165) is 12.8 Å². The lowest BCUT2D eigenvalue weighted by Gasteiger charge is -2.20. The van der Waals surface area contributed by atoms with Gasteiger partial charge in [-0.25, -0.2) is 0 Å². The zero-order valence-corrected chi connectivity index (χ0v) is 9.47. The van der Waals surface area contributed by atoms with Crippen molar-refractivity contribution in [1.82, 2.24) is 4.90 Å². The predicted octanol–water partition coefficient (Wildman–Crippen LogP) is 1.46. The Hall–Kier alpha value is 0.400. The van der Waals surface area contributed by atoms with E-state index in [1.165, 1.54) is 0 Å². The normalized spacial score (nSPS) is 12.4. The zero-order valence-electron chi connectivity index (χ0n) is 7.82. The van der Waals surface area contributed by atoms with Gasteiger partial charge in [0.15, 0.2) is 0 Å². The van der Waals surface area contributed by atoms with Crippen molar-refractivity contribution >= 4 is 19.2 Å². The molecule has 2 N–H and O–H groups in total. The third kappa shape index (κ3) is 8.72. The van der Waals surface area contributed by atoms with Gasteiger partial charge in [0.1, 0.15) is 6.29 Å². The minimum Gasteiger partial charge on any atom is -0.324 e. The van der Waals surface area contributed by atoms with Crippen LogP contribution >= 0.6 is 19.2 Å². The van der Waals surface area contributed by atoms with E-state index in [1.807, 2.05) is 6.92 Å². The first-order chi connectivity index (χ1) is 5.99. The molecule has 0 saturated carbocycles. The van der Waals surface area contributed by atoms with Crippen molar-refractivity contribution in [1.29, 1.82) is 0 Å². The van der Waals surface area contributed by atoms with Gasteiger partial charge in [-0.05, 0) is 13.0 Å². The molecule has 0 spiro atoms. The van der Waals surface area contributed by atoms with Gasteiger partial charge < -0.3 is 9.79 Å². The Morgan fingerprint density at radius 3 is 2.38 bits per heavy atom. The molecule has 13 heavy (non-hydrogen) atoms. The Kier molecular flexibility index (Phi) is 7.00. The lowest BCUT2D eigenvalue weighted by atomic mass is 10.3. The van der Waals surface area contributed by atoms with E-state index >= 15 is 0 Å². The van der Waals surface area contributed by atoms with Crippen molar-refractivity contribution in [2.75, 3.05) is 25.3 Å². The number of hydrogen-bond acceptors (Lipinski definition) is 2. The van der Waals surface area contributed by atoms with Gasteiger partial charge in [-0.1, -0.05) is 13.3 Å². The summed E-state index contributed by atoms with van der Waals surface area (Å²) in [5.41, 5.74) is 0. The first kappa shape index (κ1) is 13.4. The number of halogens is 1. The van der Waals surface area contributed by atoms with Crippen LogP contribution < -0.4 is 0 Å². The maximum absolute atomic E-state index is 10.7. The largest absolute Gasteiger partial charge is 0.339 e. The molecule has 0 aliphatic carbocycles. The molecular weight excluding hydrogens is 213 g/mol. The van der Waals surface area contributed by atoms with E-state index < -0.39 is 7.60 Å². The molecule has 0 radical (unpaired) electrons. The Bertz CT molecular complexity index is 173. The molecule has 0 aromatic rings. The van der Waals surface area contributed by atoms with Crippen molar-refractivity contribution in [2.45, 2.75) is 19.8 Å². The fourth-order valence-electron chi connectivity index (χ4n) is 1.02. The smallest absolute Gasteiger partial charge is 0.324 e. The average molecular weight is 230 g/mol. The summed E-state index contributed by atoms with van der Waals surface area (Å²) in [5, 5.41) is 0. The quantitative estimate of drug-likeness (QED) is 0.513. The highest BCUT2D eigenvalue weighted by Crippen LogP contribution is 2.34. The lowest BCUT2D eigenvalue weighted by molar-refractivity contribution is 0.283. The third-order valence-electron chi connectivity index (χ3n) is 1.61. The summed E-state index contributed by atoms with van der Waals surface area (Å²) in [7, 11) is -3.92. The molecule has 0 aromatic heterocycles. The lowest BCUT2D eigenvalue weighted by Crippen LogP contribution is -2.28. The fraction of sp³-hybridized carbons (Fsp3) is 1.00. The minimum atomic E-state index is -3.92. The SMILES string of the molecule is CCCCN(CCCl)CP(=O)(O)O.